The maximum atomic E-state index is 12.2. The van der Waals surface area contributed by atoms with Gasteiger partial charge in [0.05, 0.1) is 10.5 Å². The number of amides is 1. The Balaban J connectivity index is 2.99. The number of hydrogen-bond donors (Lipinski definition) is 1. The van der Waals surface area contributed by atoms with Crippen molar-refractivity contribution in [1.82, 2.24) is 5.32 Å². The molecule has 0 radical (unpaired) electrons. The highest BCUT2D eigenvalue weighted by atomic mass is 79.9. The van der Waals surface area contributed by atoms with Gasteiger partial charge < -0.3 is 5.32 Å². The lowest BCUT2D eigenvalue weighted by molar-refractivity contribution is -0.384. The standard InChI is InChI=1S/C13H17BrN2O3/c1-4-12(8(2)3)15-13(17)10-7-9(16(18)19)5-6-11(10)14/h5-8,12H,4H2,1-3H3,(H,15,17). The van der Waals surface area contributed by atoms with Crippen molar-refractivity contribution in [2.24, 2.45) is 5.92 Å². The van der Waals surface area contributed by atoms with E-state index >= 15 is 0 Å². The summed E-state index contributed by atoms with van der Waals surface area (Å²) in [6.07, 6.45) is 0.815. The number of rotatable bonds is 5. The number of nitro benzene ring substituents is 1. The fraction of sp³-hybridized carbons (Fsp3) is 0.462. The largest absolute Gasteiger partial charge is 0.349 e. The number of carbonyl (C=O) groups excluding carboxylic acids is 1. The van der Waals surface area contributed by atoms with Crippen LogP contribution in [-0.4, -0.2) is 16.9 Å². The van der Waals surface area contributed by atoms with Crippen molar-refractivity contribution in [2.45, 2.75) is 33.2 Å². The molecular weight excluding hydrogens is 312 g/mol. The summed E-state index contributed by atoms with van der Waals surface area (Å²) in [4.78, 5) is 22.4. The zero-order valence-corrected chi connectivity index (χ0v) is 12.7. The van der Waals surface area contributed by atoms with E-state index in [-0.39, 0.29) is 23.2 Å². The molecule has 1 rings (SSSR count). The van der Waals surface area contributed by atoms with Crippen LogP contribution in [0.25, 0.3) is 0 Å². The Morgan fingerprint density at radius 3 is 2.58 bits per heavy atom. The second kappa shape index (κ2) is 6.65. The van der Waals surface area contributed by atoms with E-state index in [0.717, 1.165) is 6.42 Å². The average Bonchev–Trinajstić information content (AvgIpc) is 2.35. The molecule has 6 heteroatoms. The van der Waals surface area contributed by atoms with Gasteiger partial charge in [0.15, 0.2) is 0 Å². The van der Waals surface area contributed by atoms with Gasteiger partial charge in [-0.15, -0.1) is 0 Å². The Hall–Kier alpha value is -1.43. The third kappa shape index (κ3) is 4.02. The third-order valence-electron chi connectivity index (χ3n) is 2.97. The molecule has 0 bridgehead atoms. The molecule has 0 fully saturated rings. The van der Waals surface area contributed by atoms with Crippen molar-refractivity contribution in [3.63, 3.8) is 0 Å². The van der Waals surface area contributed by atoms with E-state index < -0.39 is 4.92 Å². The quantitative estimate of drug-likeness (QED) is 0.663. The van der Waals surface area contributed by atoms with Crippen LogP contribution in [0.4, 0.5) is 5.69 Å². The van der Waals surface area contributed by atoms with Crippen LogP contribution in [0.5, 0.6) is 0 Å². The second-order valence-electron chi connectivity index (χ2n) is 4.65. The molecule has 1 atom stereocenters. The number of benzene rings is 1. The molecule has 1 aromatic rings. The molecule has 0 saturated heterocycles. The van der Waals surface area contributed by atoms with Crippen molar-refractivity contribution < 1.29 is 9.72 Å². The van der Waals surface area contributed by atoms with Gasteiger partial charge in [-0.3, -0.25) is 14.9 Å². The van der Waals surface area contributed by atoms with Gasteiger partial charge in [0.2, 0.25) is 0 Å². The van der Waals surface area contributed by atoms with Crippen molar-refractivity contribution in [1.29, 1.82) is 0 Å². The van der Waals surface area contributed by atoms with Crippen molar-refractivity contribution in [3.05, 3.63) is 38.3 Å². The predicted octanol–water partition coefficient (Wildman–Crippen LogP) is 3.52. The van der Waals surface area contributed by atoms with Crippen LogP contribution in [0.2, 0.25) is 0 Å². The molecule has 0 aliphatic carbocycles. The Kier molecular flexibility index (Phi) is 5.47. The molecule has 0 saturated carbocycles. The van der Waals surface area contributed by atoms with E-state index in [0.29, 0.717) is 10.4 Å². The van der Waals surface area contributed by atoms with E-state index in [9.17, 15) is 14.9 Å². The molecule has 0 aromatic heterocycles. The number of non-ortho nitro benzene ring substituents is 1. The van der Waals surface area contributed by atoms with Crippen LogP contribution >= 0.6 is 15.9 Å². The van der Waals surface area contributed by atoms with Crippen LogP contribution < -0.4 is 5.32 Å². The molecule has 1 amide bonds. The minimum absolute atomic E-state index is 0.0543. The summed E-state index contributed by atoms with van der Waals surface area (Å²) in [6.45, 7) is 6.04. The van der Waals surface area contributed by atoms with E-state index in [4.69, 9.17) is 0 Å². The molecule has 0 aliphatic heterocycles. The highest BCUT2D eigenvalue weighted by molar-refractivity contribution is 9.10. The fourth-order valence-electron chi connectivity index (χ4n) is 1.79. The average molecular weight is 329 g/mol. The Labute approximate surface area is 120 Å². The van der Waals surface area contributed by atoms with E-state index in [2.05, 4.69) is 21.2 Å². The van der Waals surface area contributed by atoms with Crippen molar-refractivity contribution in [2.75, 3.05) is 0 Å². The smallest absolute Gasteiger partial charge is 0.270 e. The topological polar surface area (TPSA) is 72.2 Å². The van der Waals surface area contributed by atoms with Gasteiger partial charge >= 0.3 is 0 Å². The summed E-state index contributed by atoms with van der Waals surface area (Å²) in [5, 5.41) is 13.6. The summed E-state index contributed by atoms with van der Waals surface area (Å²) in [5.41, 5.74) is 0.194. The predicted molar refractivity (Wildman–Crippen MR) is 77.2 cm³/mol. The molecule has 0 heterocycles. The third-order valence-corrected chi connectivity index (χ3v) is 3.66. The highest BCUT2D eigenvalue weighted by Gasteiger charge is 2.19. The number of nitrogens with one attached hydrogen (secondary N) is 1. The first-order chi connectivity index (χ1) is 8.86. The Morgan fingerprint density at radius 1 is 1.47 bits per heavy atom. The molecule has 104 valence electrons. The first-order valence-electron chi connectivity index (χ1n) is 6.11. The highest BCUT2D eigenvalue weighted by Crippen LogP contribution is 2.23. The second-order valence-corrected chi connectivity index (χ2v) is 5.51. The lowest BCUT2D eigenvalue weighted by atomic mass is 10.0. The number of carbonyl (C=O) groups is 1. The van der Waals surface area contributed by atoms with Gasteiger partial charge in [-0.25, -0.2) is 0 Å². The summed E-state index contributed by atoms with van der Waals surface area (Å²) in [6, 6.07) is 4.22. The maximum absolute atomic E-state index is 12.2. The Bertz CT molecular complexity index is 489. The molecular formula is C13H17BrN2O3. The number of nitrogens with zero attached hydrogens (tertiary/aromatic N) is 1. The van der Waals surface area contributed by atoms with E-state index in [1.54, 1.807) is 0 Å². The number of hydrogen-bond acceptors (Lipinski definition) is 3. The van der Waals surface area contributed by atoms with Crippen LogP contribution in [0.1, 0.15) is 37.6 Å². The van der Waals surface area contributed by atoms with Crippen LogP contribution in [0, 0.1) is 16.0 Å². The van der Waals surface area contributed by atoms with E-state index in [1.165, 1.54) is 18.2 Å². The van der Waals surface area contributed by atoms with Crippen molar-refractivity contribution in [3.8, 4) is 0 Å². The van der Waals surface area contributed by atoms with Crippen molar-refractivity contribution >= 4 is 27.5 Å². The van der Waals surface area contributed by atoms with Crippen LogP contribution in [-0.2, 0) is 0 Å². The maximum Gasteiger partial charge on any atom is 0.270 e. The lowest BCUT2D eigenvalue weighted by Gasteiger charge is -2.20. The van der Waals surface area contributed by atoms with Gasteiger partial charge in [-0.1, -0.05) is 20.8 Å². The normalized spacial score (nSPS) is 12.3. The monoisotopic (exact) mass is 328 g/mol. The van der Waals surface area contributed by atoms with Gasteiger partial charge in [0.1, 0.15) is 0 Å². The Morgan fingerprint density at radius 2 is 2.11 bits per heavy atom. The molecule has 19 heavy (non-hydrogen) atoms. The van der Waals surface area contributed by atoms with Crippen LogP contribution in [0.3, 0.4) is 0 Å². The van der Waals surface area contributed by atoms with E-state index in [1.807, 2.05) is 20.8 Å². The first-order valence-corrected chi connectivity index (χ1v) is 6.90. The fourth-order valence-corrected chi connectivity index (χ4v) is 2.21. The summed E-state index contributed by atoms with van der Waals surface area (Å²) in [7, 11) is 0. The van der Waals surface area contributed by atoms with Crippen LogP contribution in [0.15, 0.2) is 22.7 Å². The van der Waals surface area contributed by atoms with Gasteiger partial charge in [-0.2, -0.15) is 0 Å². The van der Waals surface area contributed by atoms with Gasteiger partial charge in [-0.05, 0) is 34.3 Å². The minimum Gasteiger partial charge on any atom is -0.349 e. The first kappa shape index (κ1) is 15.6. The number of nitro groups is 1. The molecule has 0 spiro atoms. The molecule has 1 aromatic carbocycles. The summed E-state index contributed by atoms with van der Waals surface area (Å²) in [5.74, 6) is 0.0162. The zero-order valence-electron chi connectivity index (χ0n) is 11.1. The van der Waals surface area contributed by atoms with Gasteiger partial charge in [0, 0.05) is 22.6 Å². The minimum atomic E-state index is -0.511. The summed E-state index contributed by atoms with van der Waals surface area (Å²) < 4.78 is 0.550. The molecule has 5 nitrogen and oxygen atoms in total. The SMILES string of the molecule is CCC(NC(=O)c1cc([N+](=O)[O-])ccc1Br)C(C)C. The number of halogens is 1. The molecule has 0 aliphatic rings. The molecule has 1 unspecified atom stereocenters. The lowest BCUT2D eigenvalue weighted by Crippen LogP contribution is -2.38. The van der Waals surface area contributed by atoms with Gasteiger partial charge in [0.25, 0.3) is 11.6 Å². The zero-order chi connectivity index (χ0) is 14.6. The summed E-state index contributed by atoms with van der Waals surface area (Å²) >= 11 is 3.25. The molecule has 1 N–H and O–H groups in total.